The highest BCUT2D eigenvalue weighted by Crippen LogP contribution is 2.33. The van der Waals surface area contributed by atoms with Gasteiger partial charge in [0.15, 0.2) is 5.78 Å². The molecule has 0 saturated carbocycles. The fraction of sp³-hybridized carbons (Fsp3) is 0.400. The number of hydrogen-bond acceptors (Lipinski definition) is 3. The standard InChI is InChI=1S/C10H10Br2O3S/c11-6-5-16-10(9(6)12)7(13)3-1-2-4-8(14)15/h5H,1-4H2,(H,14,15). The number of carbonyl (C=O) groups is 2. The molecule has 0 radical (unpaired) electrons. The maximum atomic E-state index is 11.7. The van der Waals surface area contributed by atoms with E-state index >= 15 is 0 Å². The minimum absolute atomic E-state index is 0.0629. The Morgan fingerprint density at radius 2 is 1.88 bits per heavy atom. The molecule has 3 nitrogen and oxygen atoms in total. The first-order chi connectivity index (χ1) is 7.52. The molecule has 0 atom stereocenters. The van der Waals surface area contributed by atoms with E-state index < -0.39 is 5.97 Å². The summed E-state index contributed by atoms with van der Waals surface area (Å²) in [6.45, 7) is 0. The second-order valence-corrected chi connectivity index (χ2v) is 5.78. The molecule has 1 rings (SSSR count). The van der Waals surface area contributed by atoms with Crippen molar-refractivity contribution in [3.8, 4) is 0 Å². The molecule has 0 aliphatic carbocycles. The van der Waals surface area contributed by atoms with Crippen molar-refractivity contribution in [2.24, 2.45) is 0 Å². The minimum Gasteiger partial charge on any atom is -0.481 e. The molecule has 6 heteroatoms. The zero-order valence-corrected chi connectivity index (χ0v) is 12.3. The molecule has 16 heavy (non-hydrogen) atoms. The second kappa shape index (κ2) is 6.51. The van der Waals surface area contributed by atoms with Crippen molar-refractivity contribution in [2.75, 3.05) is 0 Å². The van der Waals surface area contributed by atoms with Crippen LogP contribution in [0, 0.1) is 0 Å². The van der Waals surface area contributed by atoms with Crippen molar-refractivity contribution >= 4 is 54.9 Å². The number of thiophene rings is 1. The van der Waals surface area contributed by atoms with Crippen LogP contribution >= 0.6 is 43.2 Å². The quantitative estimate of drug-likeness (QED) is 0.606. The Morgan fingerprint density at radius 1 is 1.25 bits per heavy atom. The van der Waals surface area contributed by atoms with Crippen LogP contribution in [0.5, 0.6) is 0 Å². The Bertz CT molecular complexity index is 401. The normalized spacial score (nSPS) is 10.4. The van der Waals surface area contributed by atoms with E-state index in [1.165, 1.54) is 11.3 Å². The van der Waals surface area contributed by atoms with E-state index in [1.54, 1.807) is 0 Å². The maximum absolute atomic E-state index is 11.7. The van der Waals surface area contributed by atoms with Crippen molar-refractivity contribution in [2.45, 2.75) is 25.7 Å². The molecule has 0 aromatic carbocycles. The van der Waals surface area contributed by atoms with Crippen molar-refractivity contribution in [3.05, 3.63) is 19.2 Å². The lowest BCUT2D eigenvalue weighted by atomic mass is 10.1. The molecule has 1 aromatic heterocycles. The third-order valence-electron chi connectivity index (χ3n) is 1.99. The molecule has 1 N–H and O–H groups in total. The number of rotatable bonds is 6. The molecule has 0 aliphatic rings. The Hall–Kier alpha value is -0.200. The van der Waals surface area contributed by atoms with Crippen LogP contribution in [0.15, 0.2) is 14.3 Å². The number of aliphatic carboxylic acids is 1. The molecule has 0 spiro atoms. The van der Waals surface area contributed by atoms with Gasteiger partial charge in [0.05, 0.1) is 9.35 Å². The molecular formula is C10H10Br2O3S. The van der Waals surface area contributed by atoms with E-state index in [4.69, 9.17) is 5.11 Å². The van der Waals surface area contributed by atoms with Crippen molar-refractivity contribution in [1.82, 2.24) is 0 Å². The summed E-state index contributed by atoms with van der Waals surface area (Å²) in [5.41, 5.74) is 0. The number of carbonyl (C=O) groups excluding carboxylic acids is 1. The van der Waals surface area contributed by atoms with E-state index in [9.17, 15) is 9.59 Å². The van der Waals surface area contributed by atoms with E-state index in [1.807, 2.05) is 5.38 Å². The SMILES string of the molecule is O=C(O)CCCCC(=O)c1scc(Br)c1Br. The molecule has 0 aliphatic heterocycles. The monoisotopic (exact) mass is 368 g/mol. The summed E-state index contributed by atoms with van der Waals surface area (Å²) in [5.74, 6) is -0.750. The van der Waals surface area contributed by atoms with Crippen LogP contribution in [0.25, 0.3) is 0 Å². The first-order valence-electron chi connectivity index (χ1n) is 4.70. The lowest BCUT2D eigenvalue weighted by Crippen LogP contribution is -1.99. The number of carboxylic acids is 1. The molecular weight excluding hydrogens is 360 g/mol. The molecule has 0 amide bonds. The van der Waals surface area contributed by atoms with E-state index in [0.29, 0.717) is 24.1 Å². The lowest BCUT2D eigenvalue weighted by molar-refractivity contribution is -0.137. The molecule has 0 bridgehead atoms. The third-order valence-corrected chi connectivity index (χ3v) is 5.55. The molecule has 0 saturated heterocycles. The molecule has 1 aromatic rings. The van der Waals surface area contributed by atoms with Crippen LogP contribution in [0.4, 0.5) is 0 Å². The van der Waals surface area contributed by atoms with E-state index in [2.05, 4.69) is 31.9 Å². The Kier molecular flexibility index (Phi) is 5.64. The van der Waals surface area contributed by atoms with Crippen LogP contribution in [-0.4, -0.2) is 16.9 Å². The Balaban J connectivity index is 2.41. The van der Waals surface area contributed by atoms with Gasteiger partial charge in [0.2, 0.25) is 0 Å². The van der Waals surface area contributed by atoms with Gasteiger partial charge in [-0.2, -0.15) is 0 Å². The molecule has 0 unspecified atom stereocenters. The van der Waals surface area contributed by atoms with Crippen LogP contribution in [0.3, 0.4) is 0 Å². The van der Waals surface area contributed by atoms with Crippen molar-refractivity contribution in [3.63, 3.8) is 0 Å². The van der Waals surface area contributed by atoms with Gasteiger partial charge in [-0.05, 0) is 44.7 Å². The first kappa shape index (κ1) is 13.9. The summed E-state index contributed by atoms with van der Waals surface area (Å²) >= 11 is 8.04. The fourth-order valence-electron chi connectivity index (χ4n) is 1.19. The van der Waals surface area contributed by atoms with Gasteiger partial charge in [-0.3, -0.25) is 9.59 Å². The summed E-state index contributed by atoms with van der Waals surface area (Å²) in [7, 11) is 0. The number of unbranched alkanes of at least 4 members (excludes halogenated alkanes) is 1. The Morgan fingerprint density at radius 3 is 2.38 bits per heavy atom. The van der Waals surface area contributed by atoms with Crippen LogP contribution in [-0.2, 0) is 4.79 Å². The topological polar surface area (TPSA) is 54.4 Å². The van der Waals surface area contributed by atoms with Gasteiger partial charge in [0.1, 0.15) is 0 Å². The smallest absolute Gasteiger partial charge is 0.303 e. The van der Waals surface area contributed by atoms with Gasteiger partial charge < -0.3 is 5.11 Å². The number of Topliss-reactive ketones (excluding diaryl/α,β-unsaturated/α-hetero) is 1. The minimum atomic E-state index is -0.813. The highest BCUT2D eigenvalue weighted by molar-refractivity contribution is 9.13. The number of hydrogen-bond donors (Lipinski definition) is 1. The summed E-state index contributed by atoms with van der Waals surface area (Å²) < 4.78 is 1.67. The summed E-state index contributed by atoms with van der Waals surface area (Å²) in [6, 6.07) is 0. The first-order valence-corrected chi connectivity index (χ1v) is 7.16. The number of carboxylic acid groups (broad SMARTS) is 1. The molecule has 1 heterocycles. The summed E-state index contributed by atoms with van der Waals surface area (Å²) in [5, 5.41) is 10.3. The van der Waals surface area contributed by atoms with Gasteiger partial charge in [-0.15, -0.1) is 11.3 Å². The van der Waals surface area contributed by atoms with E-state index in [-0.39, 0.29) is 12.2 Å². The number of ketones is 1. The number of halogens is 2. The lowest BCUT2D eigenvalue weighted by Gasteiger charge is -1.98. The predicted molar refractivity (Wildman–Crippen MR) is 70.2 cm³/mol. The summed E-state index contributed by atoms with van der Waals surface area (Å²) in [6.07, 6.45) is 1.69. The van der Waals surface area contributed by atoms with E-state index in [0.717, 1.165) is 8.95 Å². The van der Waals surface area contributed by atoms with Crippen molar-refractivity contribution in [1.29, 1.82) is 0 Å². The van der Waals surface area contributed by atoms with Crippen LogP contribution in [0.2, 0.25) is 0 Å². The Labute approximate surface area is 114 Å². The third kappa shape index (κ3) is 3.99. The van der Waals surface area contributed by atoms with Gasteiger partial charge in [-0.1, -0.05) is 0 Å². The average Bonchev–Trinajstić information content (AvgIpc) is 2.54. The second-order valence-electron chi connectivity index (χ2n) is 3.25. The maximum Gasteiger partial charge on any atom is 0.303 e. The van der Waals surface area contributed by atoms with Gasteiger partial charge in [0.25, 0.3) is 0 Å². The average molecular weight is 370 g/mol. The fourth-order valence-corrected chi connectivity index (χ4v) is 3.35. The van der Waals surface area contributed by atoms with Gasteiger partial charge >= 0.3 is 5.97 Å². The van der Waals surface area contributed by atoms with Crippen LogP contribution in [0.1, 0.15) is 35.4 Å². The van der Waals surface area contributed by atoms with Gasteiger partial charge in [0, 0.05) is 22.7 Å². The predicted octanol–water partition coefficient (Wildman–Crippen LogP) is 4.10. The van der Waals surface area contributed by atoms with Crippen molar-refractivity contribution < 1.29 is 14.7 Å². The summed E-state index contributed by atoms with van der Waals surface area (Å²) in [4.78, 5) is 22.7. The van der Waals surface area contributed by atoms with Crippen LogP contribution < -0.4 is 0 Å². The zero-order valence-electron chi connectivity index (χ0n) is 8.33. The van der Waals surface area contributed by atoms with Gasteiger partial charge in [-0.25, -0.2) is 0 Å². The highest BCUT2D eigenvalue weighted by atomic mass is 79.9. The largest absolute Gasteiger partial charge is 0.481 e. The highest BCUT2D eigenvalue weighted by Gasteiger charge is 2.14. The molecule has 0 fully saturated rings. The zero-order chi connectivity index (χ0) is 12.1. The molecule has 88 valence electrons.